The molecule has 25 heavy (non-hydrogen) atoms. The zero-order chi connectivity index (χ0) is 18.9. The molecule has 8 nitrogen and oxygen atoms in total. The fourth-order valence-corrected chi connectivity index (χ4v) is 4.86. The van der Waals surface area contributed by atoms with Gasteiger partial charge in [-0.25, -0.2) is 4.57 Å². The molecule has 0 aliphatic heterocycles. The van der Waals surface area contributed by atoms with Crippen molar-refractivity contribution < 1.29 is 36.9 Å². The molecule has 10 heteroatoms. The Kier molecular flexibility index (Phi) is 9.32. The summed E-state index contributed by atoms with van der Waals surface area (Å²) in [6.45, 7) is 6.97. The van der Waals surface area contributed by atoms with Crippen LogP contribution in [0.4, 0.5) is 0 Å². The maximum atomic E-state index is 12.8. The quantitative estimate of drug-likeness (QED) is 0.535. The number of aliphatic hydroxyl groups is 1. The second-order valence-corrected chi connectivity index (χ2v) is 8.28. The fraction of sp³-hybridized carbons (Fsp3) is 0.600. The van der Waals surface area contributed by atoms with E-state index in [1.807, 2.05) is 0 Å². The number of benzene rings is 1. The molecule has 1 N–H and O–H groups in total. The molecule has 0 bridgehead atoms. The van der Waals surface area contributed by atoms with Crippen LogP contribution in [0.15, 0.2) is 18.2 Å². The predicted molar refractivity (Wildman–Crippen MR) is 94.3 cm³/mol. The summed E-state index contributed by atoms with van der Waals surface area (Å²) in [4.78, 5) is 0. The summed E-state index contributed by atoms with van der Waals surface area (Å²) in [6.07, 6.45) is 0. The molecule has 0 aromatic heterocycles. The molecular formula is C15H26O8P2. The highest BCUT2D eigenvalue weighted by Gasteiger charge is 2.31. The predicted octanol–water partition coefficient (Wildman–Crippen LogP) is 3.63. The Hall–Kier alpha value is -0.720. The van der Waals surface area contributed by atoms with Crippen LogP contribution in [0.5, 0.6) is 5.75 Å². The molecule has 144 valence electrons. The second-order valence-electron chi connectivity index (χ2n) is 4.66. The van der Waals surface area contributed by atoms with Gasteiger partial charge in [0.1, 0.15) is 5.75 Å². The topological polar surface area (TPSA) is 101 Å². The minimum absolute atomic E-state index is 0.107. The molecule has 0 saturated carbocycles. The monoisotopic (exact) mass is 396 g/mol. The molecule has 0 heterocycles. The largest absolute Gasteiger partial charge is 0.530 e. The number of hydrogen-bond acceptors (Lipinski definition) is 8. The van der Waals surface area contributed by atoms with Crippen molar-refractivity contribution in [1.82, 2.24) is 0 Å². The molecule has 0 aliphatic carbocycles. The van der Waals surface area contributed by atoms with E-state index >= 15 is 0 Å². The van der Waals surface area contributed by atoms with Crippen molar-refractivity contribution in [2.75, 3.05) is 26.4 Å². The van der Waals surface area contributed by atoms with Crippen molar-refractivity contribution in [3.63, 3.8) is 0 Å². The van der Waals surface area contributed by atoms with Crippen LogP contribution in [0.3, 0.4) is 0 Å². The summed E-state index contributed by atoms with van der Waals surface area (Å²) >= 11 is 0. The van der Waals surface area contributed by atoms with E-state index < -0.39 is 22.0 Å². The van der Waals surface area contributed by atoms with Crippen LogP contribution in [-0.2, 0) is 33.8 Å². The van der Waals surface area contributed by atoms with E-state index in [9.17, 15) is 14.2 Å². The Morgan fingerprint density at radius 1 is 0.880 bits per heavy atom. The molecule has 1 rings (SSSR count). The van der Waals surface area contributed by atoms with Gasteiger partial charge in [0.15, 0.2) is 0 Å². The minimum atomic E-state index is -3.81. The van der Waals surface area contributed by atoms with Crippen molar-refractivity contribution in [3.8, 4) is 5.75 Å². The molecule has 0 radical (unpaired) electrons. The molecular weight excluding hydrogens is 370 g/mol. The molecule has 0 fully saturated rings. The summed E-state index contributed by atoms with van der Waals surface area (Å²) in [5.74, 6) is 0.107. The van der Waals surface area contributed by atoms with Gasteiger partial charge in [-0.2, -0.15) is 0 Å². The van der Waals surface area contributed by atoms with Gasteiger partial charge >= 0.3 is 15.4 Å². The Morgan fingerprint density at radius 3 is 1.84 bits per heavy atom. The molecule has 0 unspecified atom stereocenters. The third-order valence-corrected chi connectivity index (χ3v) is 6.59. The third-order valence-electron chi connectivity index (χ3n) is 2.91. The highest BCUT2D eigenvalue weighted by Crippen LogP contribution is 2.51. The van der Waals surface area contributed by atoms with Crippen LogP contribution in [0, 0.1) is 0 Å². The Balaban J connectivity index is 3.21. The standard InChI is InChI=1S/C15H26O8P2/c1-5-19-24(17,20-6-2)14-9-10-15(13(11-14)12-16)23-25(18,21-7-3)22-8-4/h9-11,16H,5-8,12H2,1-4H3. The molecule has 0 aliphatic rings. The van der Waals surface area contributed by atoms with Crippen molar-refractivity contribution in [2.45, 2.75) is 34.3 Å². The van der Waals surface area contributed by atoms with Crippen LogP contribution in [-0.4, -0.2) is 31.5 Å². The van der Waals surface area contributed by atoms with Crippen molar-refractivity contribution in [3.05, 3.63) is 23.8 Å². The summed E-state index contributed by atoms with van der Waals surface area (Å²) in [7, 11) is -7.31. The number of hydrogen-bond donors (Lipinski definition) is 1. The van der Waals surface area contributed by atoms with Gasteiger partial charge in [0, 0.05) is 5.56 Å². The molecule has 1 aromatic rings. The van der Waals surface area contributed by atoms with Crippen LogP contribution in [0.25, 0.3) is 0 Å². The van der Waals surface area contributed by atoms with Crippen molar-refractivity contribution in [1.29, 1.82) is 0 Å². The molecule has 0 spiro atoms. The van der Waals surface area contributed by atoms with Gasteiger partial charge in [0.25, 0.3) is 0 Å². The van der Waals surface area contributed by atoms with Gasteiger partial charge in [-0.15, -0.1) is 0 Å². The Morgan fingerprint density at radius 2 is 1.40 bits per heavy atom. The van der Waals surface area contributed by atoms with E-state index in [4.69, 9.17) is 22.6 Å². The highest BCUT2D eigenvalue weighted by atomic mass is 31.2. The van der Waals surface area contributed by atoms with E-state index in [1.54, 1.807) is 27.7 Å². The van der Waals surface area contributed by atoms with Crippen LogP contribution in [0.2, 0.25) is 0 Å². The van der Waals surface area contributed by atoms with Gasteiger partial charge in [-0.1, -0.05) is 0 Å². The Labute approximate surface area is 148 Å². The SMILES string of the molecule is CCOP(=O)(OCC)Oc1ccc(P(=O)(OCC)OCC)cc1CO. The fourth-order valence-electron chi connectivity index (χ4n) is 2.00. The van der Waals surface area contributed by atoms with Gasteiger partial charge in [0.05, 0.1) is 38.3 Å². The number of rotatable bonds is 12. The number of phosphoric acid groups is 1. The van der Waals surface area contributed by atoms with E-state index in [1.165, 1.54) is 18.2 Å². The first kappa shape index (κ1) is 22.3. The lowest BCUT2D eigenvalue weighted by molar-refractivity contribution is 0.166. The smallest absolute Gasteiger partial charge is 0.404 e. The highest BCUT2D eigenvalue weighted by molar-refractivity contribution is 7.62. The lowest BCUT2D eigenvalue weighted by Gasteiger charge is -2.21. The first-order valence-electron chi connectivity index (χ1n) is 8.10. The Bertz CT molecular complexity index is 614. The lowest BCUT2D eigenvalue weighted by Crippen LogP contribution is -2.13. The van der Waals surface area contributed by atoms with Gasteiger partial charge in [-0.3, -0.25) is 13.6 Å². The van der Waals surface area contributed by atoms with Crippen LogP contribution < -0.4 is 9.83 Å². The molecule has 0 amide bonds. The molecule has 0 atom stereocenters. The maximum Gasteiger partial charge on any atom is 0.530 e. The number of aliphatic hydroxyl groups excluding tert-OH is 1. The maximum absolute atomic E-state index is 12.8. The van der Waals surface area contributed by atoms with Crippen molar-refractivity contribution in [2.24, 2.45) is 0 Å². The summed E-state index contributed by atoms with van der Waals surface area (Å²) in [6, 6.07) is 4.34. The van der Waals surface area contributed by atoms with Crippen LogP contribution >= 0.6 is 15.4 Å². The average molecular weight is 396 g/mol. The van der Waals surface area contributed by atoms with E-state index in [0.717, 1.165) is 0 Å². The minimum Gasteiger partial charge on any atom is -0.404 e. The van der Waals surface area contributed by atoms with E-state index in [-0.39, 0.29) is 43.0 Å². The first-order chi connectivity index (χ1) is 11.9. The summed E-state index contributed by atoms with van der Waals surface area (Å²) in [5, 5.41) is 9.88. The second kappa shape index (κ2) is 10.4. The molecule has 1 aromatic carbocycles. The first-order valence-corrected chi connectivity index (χ1v) is 11.1. The zero-order valence-electron chi connectivity index (χ0n) is 15.0. The van der Waals surface area contributed by atoms with Crippen molar-refractivity contribution >= 4 is 20.7 Å². The van der Waals surface area contributed by atoms with E-state index in [0.29, 0.717) is 0 Å². The van der Waals surface area contributed by atoms with Gasteiger partial charge < -0.3 is 18.7 Å². The summed E-state index contributed by atoms with van der Waals surface area (Å²) < 4.78 is 51.4. The normalized spacial score (nSPS) is 12.4. The third kappa shape index (κ3) is 6.19. The zero-order valence-corrected chi connectivity index (χ0v) is 16.8. The summed E-state index contributed by atoms with van der Waals surface area (Å²) in [5.41, 5.74) is 0.261. The lowest BCUT2D eigenvalue weighted by atomic mass is 10.2. The number of phosphoric ester groups is 1. The van der Waals surface area contributed by atoms with Crippen LogP contribution in [0.1, 0.15) is 33.3 Å². The van der Waals surface area contributed by atoms with E-state index in [2.05, 4.69) is 0 Å². The average Bonchev–Trinajstić information content (AvgIpc) is 2.55. The molecule has 0 saturated heterocycles. The van der Waals surface area contributed by atoms with Gasteiger partial charge in [0.2, 0.25) is 0 Å². The van der Waals surface area contributed by atoms with Gasteiger partial charge in [-0.05, 0) is 45.9 Å².